The molecular formula is C42H48Cl3N3O9S2. The molecule has 17 heteroatoms. The lowest BCUT2D eigenvalue weighted by atomic mass is 10.1. The van der Waals surface area contributed by atoms with Crippen molar-refractivity contribution in [2.45, 2.75) is 81.2 Å². The zero-order valence-corrected chi connectivity index (χ0v) is 36.8. The first-order valence-electron chi connectivity index (χ1n) is 19.2. The Hall–Kier alpha value is -3.28. The Balaban J connectivity index is 0.000000225. The van der Waals surface area contributed by atoms with E-state index < -0.39 is 26.2 Å². The average Bonchev–Trinajstić information content (AvgIpc) is 3.25. The Labute approximate surface area is 361 Å². The van der Waals surface area contributed by atoms with Gasteiger partial charge in [-0.3, -0.25) is 14.6 Å². The van der Waals surface area contributed by atoms with Crippen molar-refractivity contribution in [2.24, 2.45) is 0 Å². The van der Waals surface area contributed by atoms with Gasteiger partial charge in [0.15, 0.2) is 5.78 Å². The standard InChI is InChI=1S/C22H25Cl2NO5S.C20H23ClN2O4S/c1-29-13-16-6-5-7-17(10-16)21(26)15-30-14-18-11-22(20(24)12-19(18)23)31(27,28)25-8-3-2-4-9-25;1-15(20(24)19-7-3-4-10-22-19)27-14-16-13-17(8-9-18(16)21)28(25,26)23-11-5-2-6-12-23/h5-7,10-12H,2-4,8-9,13-15H2,1H3;3-4,7-10,13,15H,2,5-6,11-12,14H2,1H3. The molecule has 2 aliphatic rings. The average molecular weight is 909 g/mol. The monoisotopic (exact) mass is 907 g/mol. The van der Waals surface area contributed by atoms with Crippen LogP contribution in [0.3, 0.4) is 0 Å². The molecule has 3 aromatic carbocycles. The number of ketones is 2. The number of halogens is 3. The summed E-state index contributed by atoms with van der Waals surface area (Å²) >= 11 is 18.7. The van der Waals surface area contributed by atoms with Crippen LogP contribution in [-0.4, -0.2) is 88.0 Å². The van der Waals surface area contributed by atoms with Crippen LogP contribution in [0.5, 0.6) is 0 Å². The third kappa shape index (κ3) is 12.6. The highest BCUT2D eigenvalue weighted by atomic mass is 35.5. The summed E-state index contributed by atoms with van der Waals surface area (Å²) in [6, 6.07) is 19.7. The van der Waals surface area contributed by atoms with Crippen LogP contribution in [0.15, 0.2) is 88.8 Å². The number of sulfonamides is 2. The van der Waals surface area contributed by atoms with E-state index in [0.717, 1.165) is 44.1 Å². The lowest BCUT2D eigenvalue weighted by molar-refractivity contribution is 0.0407. The molecule has 6 rings (SSSR count). The maximum Gasteiger partial charge on any atom is 0.244 e. The maximum atomic E-state index is 13.0. The second kappa shape index (κ2) is 22.0. The summed E-state index contributed by atoms with van der Waals surface area (Å²) in [5.74, 6) is -0.432. The van der Waals surface area contributed by atoms with Crippen LogP contribution < -0.4 is 0 Å². The molecule has 0 aliphatic carbocycles. The molecular weight excluding hydrogens is 861 g/mol. The van der Waals surface area contributed by atoms with Crippen LogP contribution in [0, 0.1) is 0 Å². The number of Topliss-reactive ketones (excluding diaryl/α,β-unsaturated/α-hetero) is 2. The molecule has 318 valence electrons. The highest BCUT2D eigenvalue weighted by Crippen LogP contribution is 2.32. The zero-order chi connectivity index (χ0) is 42.6. The summed E-state index contributed by atoms with van der Waals surface area (Å²) in [7, 11) is -5.68. The van der Waals surface area contributed by atoms with E-state index in [0.29, 0.717) is 60.2 Å². The molecule has 4 aromatic rings. The van der Waals surface area contributed by atoms with Crippen molar-refractivity contribution in [1.82, 2.24) is 13.6 Å². The van der Waals surface area contributed by atoms with Crippen molar-refractivity contribution in [3.8, 4) is 0 Å². The minimum absolute atomic E-state index is 0.0117. The van der Waals surface area contributed by atoms with Crippen LogP contribution in [0.4, 0.5) is 0 Å². The van der Waals surface area contributed by atoms with Gasteiger partial charge in [0, 0.05) is 55.1 Å². The van der Waals surface area contributed by atoms with Gasteiger partial charge in [0.25, 0.3) is 0 Å². The fraction of sp³-hybridized carbons (Fsp3) is 0.405. The molecule has 0 saturated carbocycles. The first-order chi connectivity index (χ1) is 28.2. The first-order valence-corrected chi connectivity index (χ1v) is 23.3. The van der Waals surface area contributed by atoms with Crippen molar-refractivity contribution in [1.29, 1.82) is 0 Å². The van der Waals surface area contributed by atoms with Crippen molar-refractivity contribution in [2.75, 3.05) is 39.9 Å². The number of methoxy groups -OCH3 is 1. The van der Waals surface area contributed by atoms with Crippen molar-refractivity contribution in [3.63, 3.8) is 0 Å². The second-order valence-corrected chi connectivity index (χ2v) is 19.2. The fourth-order valence-electron chi connectivity index (χ4n) is 6.55. The fourth-order valence-corrected chi connectivity index (χ4v) is 10.6. The highest BCUT2D eigenvalue weighted by Gasteiger charge is 2.30. The summed E-state index contributed by atoms with van der Waals surface area (Å²) < 4.78 is 71.0. The topological polar surface area (TPSA) is 149 Å². The number of pyridine rings is 1. The lowest BCUT2D eigenvalue weighted by Crippen LogP contribution is -2.35. The number of carbonyl (C=O) groups is 2. The van der Waals surface area contributed by atoms with Crippen LogP contribution in [0.1, 0.15) is 83.0 Å². The summed E-state index contributed by atoms with van der Waals surface area (Å²) in [6.07, 6.45) is 6.28. The molecule has 2 aliphatic heterocycles. The predicted octanol–water partition coefficient (Wildman–Crippen LogP) is 8.41. The van der Waals surface area contributed by atoms with Gasteiger partial charge in [-0.15, -0.1) is 0 Å². The second-order valence-electron chi connectivity index (χ2n) is 14.1. The van der Waals surface area contributed by atoms with E-state index in [-0.39, 0.29) is 51.2 Å². The molecule has 12 nitrogen and oxygen atoms in total. The summed E-state index contributed by atoms with van der Waals surface area (Å²) in [4.78, 5) is 29.0. The maximum absolute atomic E-state index is 13.0. The number of aromatic nitrogens is 1. The van der Waals surface area contributed by atoms with Gasteiger partial charge in [0.05, 0.1) is 29.7 Å². The smallest absolute Gasteiger partial charge is 0.244 e. The first kappa shape index (κ1) is 46.8. The minimum Gasteiger partial charge on any atom is -0.380 e. The number of carbonyl (C=O) groups excluding carboxylic acids is 2. The molecule has 0 radical (unpaired) electrons. The van der Waals surface area contributed by atoms with Crippen LogP contribution >= 0.6 is 34.8 Å². The van der Waals surface area contributed by atoms with E-state index in [1.165, 1.54) is 32.9 Å². The Morgan fingerprint density at radius 2 is 1.37 bits per heavy atom. The van der Waals surface area contributed by atoms with E-state index in [1.807, 2.05) is 6.07 Å². The summed E-state index contributed by atoms with van der Waals surface area (Å²) in [5, 5.41) is 0.762. The van der Waals surface area contributed by atoms with Gasteiger partial charge in [-0.25, -0.2) is 16.8 Å². The summed E-state index contributed by atoms with van der Waals surface area (Å²) in [5.41, 5.74) is 2.72. The molecule has 1 aromatic heterocycles. The van der Waals surface area contributed by atoms with Gasteiger partial charge in [-0.2, -0.15) is 8.61 Å². The zero-order valence-electron chi connectivity index (χ0n) is 32.9. The normalized spacial score (nSPS) is 15.9. The number of piperidine rings is 2. The molecule has 3 heterocycles. The Kier molecular flexibility index (Phi) is 17.4. The van der Waals surface area contributed by atoms with Gasteiger partial charge in [-0.1, -0.05) is 71.9 Å². The molecule has 59 heavy (non-hydrogen) atoms. The van der Waals surface area contributed by atoms with Gasteiger partial charge in [-0.05, 0) is 97.8 Å². The minimum atomic E-state index is -3.72. The highest BCUT2D eigenvalue weighted by molar-refractivity contribution is 7.89. The number of hydrogen-bond donors (Lipinski definition) is 0. The van der Waals surface area contributed by atoms with E-state index >= 15 is 0 Å². The van der Waals surface area contributed by atoms with Gasteiger partial charge in [0.1, 0.15) is 23.3 Å². The van der Waals surface area contributed by atoms with Crippen LogP contribution in [-0.2, 0) is 54.1 Å². The van der Waals surface area contributed by atoms with Gasteiger partial charge < -0.3 is 14.2 Å². The van der Waals surface area contributed by atoms with Crippen molar-refractivity contribution < 1.29 is 40.6 Å². The predicted molar refractivity (Wildman–Crippen MR) is 227 cm³/mol. The van der Waals surface area contributed by atoms with Crippen LogP contribution in [0.2, 0.25) is 15.1 Å². The third-order valence-electron chi connectivity index (χ3n) is 9.83. The number of rotatable bonds is 16. The number of benzene rings is 3. The molecule has 2 fully saturated rings. The molecule has 0 bridgehead atoms. The largest absolute Gasteiger partial charge is 0.380 e. The SMILES string of the molecule is CC(OCc1cc(S(=O)(=O)N2CCCCC2)ccc1Cl)C(=O)c1ccccn1.COCc1cccc(C(=O)COCc2cc(S(=O)(=O)N3CCCCC3)c(Cl)cc2Cl)c1. The number of ether oxygens (including phenoxy) is 3. The van der Waals surface area contributed by atoms with E-state index in [4.69, 9.17) is 49.0 Å². The Bertz CT molecular complexity index is 2290. The van der Waals surface area contributed by atoms with Crippen molar-refractivity contribution >= 4 is 66.4 Å². The Morgan fingerprint density at radius 3 is 2.02 bits per heavy atom. The molecule has 0 spiro atoms. The Morgan fingerprint density at radius 1 is 0.712 bits per heavy atom. The number of nitrogens with zero attached hydrogens (tertiary/aromatic N) is 3. The molecule has 1 atom stereocenters. The third-order valence-corrected chi connectivity index (χ3v) is 14.8. The lowest BCUT2D eigenvalue weighted by Gasteiger charge is -2.26. The van der Waals surface area contributed by atoms with Crippen molar-refractivity contribution in [3.05, 3.63) is 122 Å². The van der Waals surface area contributed by atoms with E-state index in [2.05, 4.69) is 4.98 Å². The van der Waals surface area contributed by atoms with Crippen LogP contribution in [0.25, 0.3) is 0 Å². The van der Waals surface area contributed by atoms with Gasteiger partial charge in [0.2, 0.25) is 25.8 Å². The van der Waals surface area contributed by atoms with Gasteiger partial charge >= 0.3 is 0 Å². The molecule has 0 N–H and O–H groups in total. The molecule has 1 unspecified atom stereocenters. The quantitative estimate of drug-likeness (QED) is 0.100. The summed E-state index contributed by atoms with van der Waals surface area (Å²) in [6.45, 7) is 3.93. The molecule has 0 amide bonds. The van der Waals surface area contributed by atoms with E-state index in [1.54, 1.807) is 62.7 Å². The molecule has 2 saturated heterocycles. The van der Waals surface area contributed by atoms with E-state index in [9.17, 15) is 26.4 Å². The number of hydrogen-bond acceptors (Lipinski definition) is 10.